The Balaban J connectivity index is 2.72. The zero-order valence-corrected chi connectivity index (χ0v) is 9.69. The fourth-order valence-corrected chi connectivity index (χ4v) is 1.51. The third kappa shape index (κ3) is 3.07. The molecule has 15 heavy (non-hydrogen) atoms. The highest BCUT2D eigenvalue weighted by atomic mass is 15.3. The largest absolute Gasteiger partial charge is 0.314 e. The Bertz CT molecular complexity index is 348. The second-order valence-corrected chi connectivity index (χ2v) is 3.69. The number of terminal acetylenes is 1. The maximum Gasteiger partial charge on any atom is 0.147 e. The van der Waals surface area contributed by atoms with E-state index in [1.165, 1.54) is 0 Å². The van der Waals surface area contributed by atoms with Crippen molar-refractivity contribution in [2.75, 3.05) is 13.6 Å². The van der Waals surface area contributed by atoms with Crippen LogP contribution in [0.4, 0.5) is 0 Å². The van der Waals surface area contributed by atoms with Gasteiger partial charge in [0.15, 0.2) is 0 Å². The summed E-state index contributed by atoms with van der Waals surface area (Å²) in [6.45, 7) is 6.49. The van der Waals surface area contributed by atoms with Crippen LogP contribution in [0.5, 0.6) is 0 Å². The SMILES string of the molecule is C#CCN(C)Cc1nnc(C)n1CCC. The second-order valence-electron chi connectivity index (χ2n) is 3.69. The number of aryl methyl sites for hydroxylation is 1. The molecule has 0 aromatic carbocycles. The van der Waals surface area contributed by atoms with E-state index in [4.69, 9.17) is 6.42 Å². The van der Waals surface area contributed by atoms with Gasteiger partial charge in [-0.05, 0) is 20.4 Å². The fraction of sp³-hybridized carbons (Fsp3) is 0.636. The van der Waals surface area contributed by atoms with Gasteiger partial charge in [0, 0.05) is 6.54 Å². The molecule has 0 aliphatic carbocycles. The summed E-state index contributed by atoms with van der Waals surface area (Å²) < 4.78 is 2.15. The van der Waals surface area contributed by atoms with E-state index in [-0.39, 0.29) is 0 Å². The van der Waals surface area contributed by atoms with E-state index in [0.717, 1.165) is 31.2 Å². The van der Waals surface area contributed by atoms with Gasteiger partial charge in [-0.1, -0.05) is 12.8 Å². The van der Waals surface area contributed by atoms with Gasteiger partial charge < -0.3 is 4.57 Å². The average Bonchev–Trinajstić information content (AvgIpc) is 2.51. The van der Waals surface area contributed by atoms with Crippen molar-refractivity contribution in [3.8, 4) is 12.3 Å². The average molecular weight is 206 g/mol. The van der Waals surface area contributed by atoms with Gasteiger partial charge in [-0.15, -0.1) is 16.6 Å². The second kappa shape index (κ2) is 5.52. The zero-order valence-electron chi connectivity index (χ0n) is 9.69. The van der Waals surface area contributed by atoms with Crippen LogP contribution in [0, 0.1) is 19.3 Å². The van der Waals surface area contributed by atoms with Crippen LogP contribution in [0.15, 0.2) is 0 Å². The van der Waals surface area contributed by atoms with Crippen molar-refractivity contribution in [2.45, 2.75) is 33.4 Å². The lowest BCUT2D eigenvalue weighted by Crippen LogP contribution is -2.21. The lowest BCUT2D eigenvalue weighted by molar-refractivity contribution is 0.349. The molecule has 0 N–H and O–H groups in total. The van der Waals surface area contributed by atoms with Crippen LogP contribution in [0.1, 0.15) is 25.0 Å². The van der Waals surface area contributed by atoms with E-state index in [0.29, 0.717) is 6.54 Å². The highest BCUT2D eigenvalue weighted by Crippen LogP contribution is 2.04. The summed E-state index contributed by atoms with van der Waals surface area (Å²) >= 11 is 0. The number of aromatic nitrogens is 3. The molecule has 0 spiro atoms. The van der Waals surface area contributed by atoms with Crippen LogP contribution in [0.2, 0.25) is 0 Å². The molecular weight excluding hydrogens is 188 g/mol. The first kappa shape index (κ1) is 11.7. The topological polar surface area (TPSA) is 34.0 Å². The van der Waals surface area contributed by atoms with Crippen LogP contribution in [0.25, 0.3) is 0 Å². The first-order chi connectivity index (χ1) is 7.19. The highest BCUT2D eigenvalue weighted by molar-refractivity contribution is 4.95. The van der Waals surface area contributed by atoms with Crippen LogP contribution >= 0.6 is 0 Å². The molecule has 0 saturated carbocycles. The third-order valence-electron chi connectivity index (χ3n) is 2.23. The van der Waals surface area contributed by atoms with Gasteiger partial charge in [0.25, 0.3) is 0 Å². The molecule has 0 atom stereocenters. The summed E-state index contributed by atoms with van der Waals surface area (Å²) in [5.41, 5.74) is 0. The summed E-state index contributed by atoms with van der Waals surface area (Å²) in [5.74, 6) is 4.58. The molecule has 0 bridgehead atoms. The van der Waals surface area contributed by atoms with Gasteiger partial charge in [-0.25, -0.2) is 0 Å². The van der Waals surface area contributed by atoms with E-state index >= 15 is 0 Å². The predicted octanol–water partition coefficient (Wildman–Crippen LogP) is 1.06. The fourth-order valence-electron chi connectivity index (χ4n) is 1.51. The van der Waals surface area contributed by atoms with Crippen LogP contribution in [-0.2, 0) is 13.1 Å². The van der Waals surface area contributed by atoms with Gasteiger partial charge in [0.2, 0.25) is 0 Å². The molecule has 1 heterocycles. The molecule has 1 rings (SSSR count). The maximum absolute atomic E-state index is 5.25. The summed E-state index contributed by atoms with van der Waals surface area (Å²) in [6.07, 6.45) is 6.34. The summed E-state index contributed by atoms with van der Waals surface area (Å²) in [4.78, 5) is 2.05. The van der Waals surface area contributed by atoms with E-state index < -0.39 is 0 Å². The standard InChI is InChI=1S/C11H18N4/c1-5-7-14(4)9-11-13-12-10(3)15(11)8-6-2/h1H,6-9H2,2-4H3. The Morgan fingerprint density at radius 2 is 2.20 bits per heavy atom. The monoisotopic (exact) mass is 206 g/mol. The molecule has 4 heteroatoms. The van der Waals surface area contributed by atoms with Crippen LogP contribution in [0.3, 0.4) is 0 Å². The minimum Gasteiger partial charge on any atom is -0.314 e. The van der Waals surface area contributed by atoms with Crippen molar-refractivity contribution < 1.29 is 0 Å². The summed E-state index contributed by atoms with van der Waals surface area (Å²) in [7, 11) is 1.99. The molecule has 0 radical (unpaired) electrons. The summed E-state index contributed by atoms with van der Waals surface area (Å²) in [6, 6.07) is 0. The van der Waals surface area contributed by atoms with E-state index in [1.807, 2.05) is 14.0 Å². The Kier molecular flexibility index (Phi) is 4.32. The molecule has 1 aromatic heterocycles. The van der Waals surface area contributed by atoms with Crippen molar-refractivity contribution in [1.29, 1.82) is 0 Å². The van der Waals surface area contributed by atoms with Crippen molar-refractivity contribution in [2.24, 2.45) is 0 Å². The quantitative estimate of drug-likeness (QED) is 0.676. The van der Waals surface area contributed by atoms with Gasteiger partial charge in [-0.2, -0.15) is 0 Å². The zero-order chi connectivity index (χ0) is 11.3. The molecular formula is C11H18N4. The summed E-state index contributed by atoms with van der Waals surface area (Å²) in [5, 5.41) is 8.24. The molecule has 0 saturated heterocycles. The highest BCUT2D eigenvalue weighted by Gasteiger charge is 2.09. The van der Waals surface area contributed by atoms with E-state index in [9.17, 15) is 0 Å². The van der Waals surface area contributed by atoms with E-state index in [1.54, 1.807) is 0 Å². The van der Waals surface area contributed by atoms with Gasteiger partial charge in [-0.3, -0.25) is 4.90 Å². The number of rotatable bonds is 5. The number of nitrogens with zero attached hydrogens (tertiary/aromatic N) is 4. The smallest absolute Gasteiger partial charge is 0.147 e. The van der Waals surface area contributed by atoms with Crippen LogP contribution in [-0.4, -0.2) is 33.3 Å². The van der Waals surface area contributed by atoms with E-state index in [2.05, 4.69) is 32.5 Å². The van der Waals surface area contributed by atoms with Gasteiger partial charge >= 0.3 is 0 Å². The Hall–Kier alpha value is -1.34. The molecule has 0 aliphatic heterocycles. The maximum atomic E-state index is 5.25. The lowest BCUT2D eigenvalue weighted by atomic mass is 10.4. The first-order valence-corrected chi connectivity index (χ1v) is 5.19. The van der Waals surface area contributed by atoms with Crippen molar-refractivity contribution >= 4 is 0 Å². The van der Waals surface area contributed by atoms with Crippen LogP contribution < -0.4 is 0 Å². The van der Waals surface area contributed by atoms with Crippen molar-refractivity contribution in [3.63, 3.8) is 0 Å². The Morgan fingerprint density at radius 1 is 1.47 bits per heavy atom. The molecule has 0 aliphatic rings. The number of hydrogen-bond acceptors (Lipinski definition) is 3. The third-order valence-corrected chi connectivity index (χ3v) is 2.23. The van der Waals surface area contributed by atoms with Crippen molar-refractivity contribution in [1.82, 2.24) is 19.7 Å². The minimum absolute atomic E-state index is 0.637. The molecule has 0 unspecified atom stereocenters. The number of hydrogen-bond donors (Lipinski definition) is 0. The van der Waals surface area contributed by atoms with Gasteiger partial charge in [0.1, 0.15) is 11.6 Å². The van der Waals surface area contributed by atoms with Gasteiger partial charge in [0.05, 0.1) is 13.1 Å². The predicted molar refractivity (Wildman–Crippen MR) is 60.2 cm³/mol. The minimum atomic E-state index is 0.637. The Morgan fingerprint density at radius 3 is 2.80 bits per heavy atom. The van der Waals surface area contributed by atoms with Crippen molar-refractivity contribution in [3.05, 3.63) is 11.6 Å². The molecule has 0 amide bonds. The molecule has 1 aromatic rings. The lowest BCUT2D eigenvalue weighted by Gasteiger charge is -2.13. The Labute approximate surface area is 91.3 Å². The molecule has 0 fully saturated rings. The molecule has 82 valence electrons. The normalized spacial score (nSPS) is 10.6. The first-order valence-electron chi connectivity index (χ1n) is 5.19. The molecule has 4 nitrogen and oxygen atoms in total.